The van der Waals surface area contributed by atoms with Crippen molar-refractivity contribution in [1.82, 2.24) is 0 Å². The number of rotatable bonds is 6. The zero-order chi connectivity index (χ0) is 12.9. The van der Waals surface area contributed by atoms with Gasteiger partial charge in [0.25, 0.3) is 0 Å². The average molecular weight is 236 g/mol. The largest absolute Gasteiger partial charge is 0.299 e. The lowest BCUT2D eigenvalue weighted by Crippen LogP contribution is -1.66. The molecule has 1 aromatic carbocycles. The Bertz CT molecular complexity index is 474. The number of hydrogen-bond donors (Lipinski definition) is 0. The van der Waals surface area contributed by atoms with Gasteiger partial charge in [-0.2, -0.15) is 0 Å². The Morgan fingerprint density at radius 1 is 0.611 bits per heavy atom. The second kappa shape index (κ2) is 9.79. The van der Waals surface area contributed by atoms with Crippen LogP contribution < -0.4 is 0 Å². The maximum Gasteiger partial charge on any atom is 0.142 e. The van der Waals surface area contributed by atoms with Gasteiger partial charge in [0.15, 0.2) is 0 Å². The van der Waals surface area contributed by atoms with Gasteiger partial charge in [-0.15, -0.1) is 0 Å². The fourth-order valence-corrected chi connectivity index (χ4v) is 1.23. The Morgan fingerprint density at radius 2 is 1.11 bits per heavy atom. The molecule has 0 N–H and O–H groups in total. The van der Waals surface area contributed by atoms with Crippen molar-refractivity contribution >= 4 is 12.4 Å². The summed E-state index contributed by atoms with van der Waals surface area (Å²) in [4.78, 5) is 9.97. The van der Waals surface area contributed by atoms with E-state index in [0.717, 1.165) is 6.29 Å². The van der Waals surface area contributed by atoms with E-state index in [4.69, 9.17) is 0 Å². The molecule has 0 aliphatic rings. The molecule has 0 unspecified atom stereocenters. The van der Waals surface area contributed by atoms with Crippen LogP contribution in [0.3, 0.4) is 0 Å². The molecule has 90 valence electrons. The normalized spacial score (nSPS) is 12.7. The summed E-state index contributed by atoms with van der Waals surface area (Å²) in [5.41, 5.74) is 1.19. The third-order valence-electron chi connectivity index (χ3n) is 2.06. The summed E-state index contributed by atoms with van der Waals surface area (Å²) in [5.74, 6) is 0. The Hall–Kier alpha value is -2.41. The Kier molecular flexibility index (Phi) is 7.43. The predicted molar refractivity (Wildman–Crippen MR) is 78.1 cm³/mol. The Morgan fingerprint density at radius 3 is 1.67 bits per heavy atom. The molecule has 0 saturated carbocycles. The van der Waals surface area contributed by atoms with Gasteiger partial charge in [-0.1, -0.05) is 85.0 Å². The summed E-state index contributed by atoms with van der Waals surface area (Å²) in [6.45, 7) is 0. The van der Waals surface area contributed by atoms with Crippen LogP contribution in [0.4, 0.5) is 0 Å². The van der Waals surface area contributed by atoms with Crippen LogP contribution in [0.1, 0.15) is 5.56 Å². The Labute approximate surface area is 108 Å². The molecule has 1 heteroatoms. The van der Waals surface area contributed by atoms with Crippen molar-refractivity contribution < 1.29 is 4.79 Å². The van der Waals surface area contributed by atoms with Gasteiger partial charge >= 0.3 is 0 Å². The molecular formula is C17H16O. The van der Waals surface area contributed by atoms with Crippen LogP contribution in [-0.2, 0) is 4.79 Å². The van der Waals surface area contributed by atoms with Gasteiger partial charge in [0.05, 0.1) is 0 Å². The summed E-state index contributed by atoms with van der Waals surface area (Å²) in [5, 5.41) is 0. The first kappa shape index (κ1) is 13.7. The molecule has 0 bridgehead atoms. The number of carbonyl (C=O) groups excluding carboxylic acids is 1. The summed E-state index contributed by atoms with van der Waals surface area (Å²) >= 11 is 0. The van der Waals surface area contributed by atoms with Crippen LogP contribution in [0, 0.1) is 0 Å². The second-order valence-corrected chi connectivity index (χ2v) is 3.45. The minimum Gasteiger partial charge on any atom is -0.299 e. The van der Waals surface area contributed by atoms with E-state index < -0.39 is 0 Å². The molecule has 0 radical (unpaired) electrons. The van der Waals surface area contributed by atoms with Gasteiger partial charge < -0.3 is 0 Å². The fourth-order valence-electron chi connectivity index (χ4n) is 1.23. The van der Waals surface area contributed by atoms with Gasteiger partial charge in [-0.05, 0) is 11.6 Å². The van der Waals surface area contributed by atoms with Crippen molar-refractivity contribution in [2.75, 3.05) is 0 Å². The predicted octanol–water partition coefficient (Wildman–Crippen LogP) is 4.12. The topological polar surface area (TPSA) is 17.1 Å². The smallest absolute Gasteiger partial charge is 0.142 e. The molecule has 0 fully saturated rings. The molecule has 0 aromatic heterocycles. The number of hydrogen-bond acceptors (Lipinski definition) is 1. The molecule has 0 aliphatic heterocycles. The average Bonchev–Trinajstić information content (AvgIpc) is 2.42. The first-order valence-corrected chi connectivity index (χ1v) is 5.77. The summed E-state index contributed by atoms with van der Waals surface area (Å²) in [7, 11) is 0. The highest BCUT2D eigenvalue weighted by atomic mass is 16.1. The molecule has 0 amide bonds. The first-order valence-electron chi connectivity index (χ1n) is 5.77. The highest BCUT2D eigenvalue weighted by molar-refractivity contribution is 5.65. The first-order chi connectivity index (χ1) is 8.93. The minimum atomic E-state index is 0.752. The number of carbonyl (C=O) groups is 1. The molecule has 18 heavy (non-hydrogen) atoms. The van der Waals surface area contributed by atoms with Crippen LogP contribution in [-0.4, -0.2) is 6.29 Å². The van der Waals surface area contributed by atoms with Crippen molar-refractivity contribution in [2.45, 2.75) is 0 Å². The highest BCUT2D eigenvalue weighted by Gasteiger charge is 1.78. The van der Waals surface area contributed by atoms with Gasteiger partial charge in [0, 0.05) is 0 Å². The van der Waals surface area contributed by atoms with E-state index in [2.05, 4.69) is 12.1 Å². The molecule has 1 rings (SSSR count). The van der Waals surface area contributed by atoms with E-state index >= 15 is 0 Å². The quantitative estimate of drug-likeness (QED) is 0.412. The molecule has 0 heterocycles. The van der Waals surface area contributed by atoms with E-state index in [-0.39, 0.29) is 0 Å². The standard InChI is InChI=1S/C17H16O/c18-16-12-7-5-3-1-2-4-6-9-13-17-14-10-8-11-15-17/h1-16H/b2-1+,5-3+,6-4+,12-7+,13-9-. The van der Waals surface area contributed by atoms with E-state index in [1.165, 1.54) is 11.6 Å². The molecule has 0 spiro atoms. The molecule has 1 nitrogen and oxygen atoms in total. The van der Waals surface area contributed by atoms with Crippen LogP contribution in [0.25, 0.3) is 6.08 Å². The van der Waals surface area contributed by atoms with Crippen molar-refractivity contribution in [1.29, 1.82) is 0 Å². The maximum atomic E-state index is 9.97. The monoisotopic (exact) mass is 236 g/mol. The Balaban J connectivity index is 2.31. The molecule has 0 atom stereocenters. The van der Waals surface area contributed by atoms with Gasteiger partial charge in [0.1, 0.15) is 6.29 Å². The van der Waals surface area contributed by atoms with Gasteiger partial charge in [-0.25, -0.2) is 0 Å². The SMILES string of the molecule is O=C/C=C/C=C/C=C/C=C/C=C\c1ccccc1. The van der Waals surface area contributed by atoms with Crippen LogP contribution >= 0.6 is 0 Å². The fraction of sp³-hybridized carbons (Fsp3) is 0. The van der Waals surface area contributed by atoms with Gasteiger partial charge in [0.2, 0.25) is 0 Å². The van der Waals surface area contributed by atoms with E-state index in [9.17, 15) is 4.79 Å². The van der Waals surface area contributed by atoms with Crippen molar-refractivity contribution in [3.05, 3.63) is 90.6 Å². The number of allylic oxidation sites excluding steroid dienone is 9. The lowest BCUT2D eigenvalue weighted by Gasteiger charge is -1.87. The number of benzene rings is 1. The third kappa shape index (κ3) is 6.96. The zero-order valence-corrected chi connectivity index (χ0v) is 10.1. The molecule has 0 aliphatic carbocycles. The van der Waals surface area contributed by atoms with Crippen LogP contribution in [0.5, 0.6) is 0 Å². The summed E-state index contributed by atoms with van der Waals surface area (Å²) in [6.07, 6.45) is 19.4. The third-order valence-corrected chi connectivity index (χ3v) is 2.06. The van der Waals surface area contributed by atoms with E-state index in [0.29, 0.717) is 0 Å². The molecule has 0 saturated heterocycles. The molecular weight excluding hydrogens is 220 g/mol. The van der Waals surface area contributed by atoms with E-state index in [1.54, 1.807) is 12.2 Å². The van der Waals surface area contributed by atoms with Gasteiger partial charge in [-0.3, -0.25) is 4.79 Å². The maximum absolute atomic E-state index is 9.97. The number of aldehydes is 1. The summed E-state index contributed by atoms with van der Waals surface area (Å²) < 4.78 is 0. The second-order valence-electron chi connectivity index (χ2n) is 3.45. The molecule has 1 aromatic rings. The lowest BCUT2D eigenvalue weighted by atomic mass is 10.2. The van der Waals surface area contributed by atoms with Crippen LogP contribution in [0.15, 0.2) is 85.0 Å². The van der Waals surface area contributed by atoms with Crippen molar-refractivity contribution in [3.63, 3.8) is 0 Å². The van der Waals surface area contributed by atoms with Crippen molar-refractivity contribution in [2.24, 2.45) is 0 Å². The zero-order valence-electron chi connectivity index (χ0n) is 10.1. The van der Waals surface area contributed by atoms with Crippen LogP contribution in [0.2, 0.25) is 0 Å². The highest BCUT2D eigenvalue weighted by Crippen LogP contribution is 2.00. The van der Waals surface area contributed by atoms with E-state index in [1.807, 2.05) is 60.7 Å². The minimum absolute atomic E-state index is 0.752. The summed E-state index contributed by atoms with van der Waals surface area (Å²) in [6, 6.07) is 10.1. The lowest BCUT2D eigenvalue weighted by molar-refractivity contribution is -0.104. The van der Waals surface area contributed by atoms with Crippen molar-refractivity contribution in [3.8, 4) is 0 Å².